The molecule has 1 heterocycles. The standard InChI is InChI=1S/C24H34N2O2/c1-3-22-21-15-14-19(17-10-12-18(13-11-17)24(27)28-4-2)16-23(21)26(25-22)20-8-6-5-7-9-20/h14-18,20H,3-13H2,1-2H3. The Morgan fingerprint density at radius 1 is 1.07 bits per heavy atom. The maximum Gasteiger partial charge on any atom is 0.308 e. The van der Waals surface area contributed by atoms with E-state index in [1.165, 1.54) is 54.3 Å². The smallest absolute Gasteiger partial charge is 0.308 e. The molecule has 0 radical (unpaired) electrons. The number of nitrogens with zero attached hydrogens (tertiary/aromatic N) is 2. The van der Waals surface area contributed by atoms with Gasteiger partial charge in [0, 0.05) is 5.39 Å². The van der Waals surface area contributed by atoms with Crippen LogP contribution in [0, 0.1) is 5.92 Å². The van der Waals surface area contributed by atoms with E-state index in [1.807, 2.05) is 6.92 Å². The number of hydrogen-bond acceptors (Lipinski definition) is 3. The summed E-state index contributed by atoms with van der Waals surface area (Å²) in [6.45, 7) is 4.58. The number of carbonyl (C=O) groups is 1. The van der Waals surface area contributed by atoms with E-state index in [-0.39, 0.29) is 11.9 Å². The molecular weight excluding hydrogens is 348 g/mol. The van der Waals surface area contributed by atoms with Crippen molar-refractivity contribution in [2.24, 2.45) is 5.92 Å². The molecule has 0 saturated heterocycles. The maximum absolute atomic E-state index is 12.0. The summed E-state index contributed by atoms with van der Waals surface area (Å²) in [5.41, 5.74) is 3.99. The van der Waals surface area contributed by atoms with Crippen LogP contribution < -0.4 is 0 Å². The summed E-state index contributed by atoms with van der Waals surface area (Å²) in [5, 5.41) is 6.36. The molecule has 0 aliphatic heterocycles. The maximum atomic E-state index is 12.0. The molecule has 0 amide bonds. The Morgan fingerprint density at radius 2 is 1.82 bits per heavy atom. The van der Waals surface area contributed by atoms with E-state index in [2.05, 4.69) is 29.8 Å². The number of rotatable bonds is 5. The number of hydrogen-bond donors (Lipinski definition) is 0. The second-order valence-corrected chi connectivity index (χ2v) is 8.61. The van der Waals surface area contributed by atoms with Crippen molar-refractivity contribution in [2.45, 2.75) is 90.0 Å². The Kier molecular flexibility index (Phi) is 6.03. The molecule has 0 N–H and O–H groups in total. The minimum atomic E-state index is -0.000588. The molecule has 2 saturated carbocycles. The van der Waals surface area contributed by atoms with Gasteiger partial charge in [0.1, 0.15) is 0 Å². The Labute approximate surface area is 168 Å². The molecule has 1 aromatic carbocycles. The first-order valence-corrected chi connectivity index (χ1v) is 11.4. The van der Waals surface area contributed by atoms with E-state index in [0.717, 1.165) is 32.1 Å². The van der Waals surface area contributed by atoms with Gasteiger partial charge in [0.05, 0.1) is 29.8 Å². The monoisotopic (exact) mass is 382 g/mol. The predicted octanol–water partition coefficient (Wildman–Crippen LogP) is 5.94. The van der Waals surface area contributed by atoms with Crippen molar-refractivity contribution in [3.63, 3.8) is 0 Å². The molecule has 2 aliphatic rings. The van der Waals surface area contributed by atoms with Gasteiger partial charge in [-0.15, -0.1) is 0 Å². The summed E-state index contributed by atoms with van der Waals surface area (Å²) < 4.78 is 7.58. The van der Waals surface area contributed by atoms with Crippen LogP contribution in [0.15, 0.2) is 18.2 Å². The topological polar surface area (TPSA) is 44.1 Å². The van der Waals surface area contributed by atoms with Gasteiger partial charge in [-0.3, -0.25) is 9.48 Å². The molecule has 4 nitrogen and oxygen atoms in total. The van der Waals surface area contributed by atoms with E-state index in [4.69, 9.17) is 9.84 Å². The number of carbonyl (C=O) groups excluding carboxylic acids is 1. The number of aryl methyl sites for hydroxylation is 1. The summed E-state index contributed by atoms with van der Waals surface area (Å²) in [4.78, 5) is 12.0. The highest BCUT2D eigenvalue weighted by Gasteiger charge is 2.28. The van der Waals surface area contributed by atoms with Crippen molar-refractivity contribution in [1.82, 2.24) is 9.78 Å². The third-order valence-electron chi connectivity index (χ3n) is 6.88. The van der Waals surface area contributed by atoms with Crippen LogP contribution in [-0.2, 0) is 16.0 Å². The lowest BCUT2D eigenvalue weighted by Crippen LogP contribution is -2.23. The van der Waals surface area contributed by atoms with Gasteiger partial charge in [0.15, 0.2) is 0 Å². The molecule has 0 unspecified atom stereocenters. The zero-order valence-corrected chi connectivity index (χ0v) is 17.5. The molecule has 0 bridgehead atoms. The van der Waals surface area contributed by atoms with Crippen molar-refractivity contribution < 1.29 is 9.53 Å². The number of aromatic nitrogens is 2. The van der Waals surface area contributed by atoms with Crippen molar-refractivity contribution in [1.29, 1.82) is 0 Å². The van der Waals surface area contributed by atoms with E-state index >= 15 is 0 Å². The third kappa shape index (κ3) is 3.83. The van der Waals surface area contributed by atoms with Gasteiger partial charge in [-0.25, -0.2) is 0 Å². The van der Waals surface area contributed by atoms with Crippen LogP contribution in [0.2, 0.25) is 0 Å². The van der Waals surface area contributed by atoms with Gasteiger partial charge in [0.25, 0.3) is 0 Å². The van der Waals surface area contributed by atoms with Gasteiger partial charge in [-0.1, -0.05) is 38.3 Å². The molecule has 4 rings (SSSR count). The fraction of sp³-hybridized carbons (Fsp3) is 0.667. The first kappa shape index (κ1) is 19.5. The molecule has 28 heavy (non-hydrogen) atoms. The van der Waals surface area contributed by atoms with Crippen molar-refractivity contribution in [3.05, 3.63) is 29.5 Å². The van der Waals surface area contributed by atoms with Crippen LogP contribution in [-0.4, -0.2) is 22.4 Å². The molecule has 4 heteroatoms. The fourth-order valence-corrected chi connectivity index (χ4v) is 5.26. The third-order valence-corrected chi connectivity index (χ3v) is 6.88. The minimum absolute atomic E-state index is 0.000588. The molecule has 2 fully saturated rings. The molecule has 2 aliphatic carbocycles. The Morgan fingerprint density at radius 3 is 2.50 bits per heavy atom. The molecule has 0 spiro atoms. The fourth-order valence-electron chi connectivity index (χ4n) is 5.26. The van der Waals surface area contributed by atoms with Gasteiger partial charge >= 0.3 is 5.97 Å². The first-order valence-electron chi connectivity index (χ1n) is 11.4. The SMILES string of the molecule is CCOC(=O)C1CCC(c2ccc3c(CC)nn(C4CCCCC4)c3c2)CC1. The van der Waals surface area contributed by atoms with Gasteiger partial charge in [-0.2, -0.15) is 5.10 Å². The summed E-state index contributed by atoms with van der Waals surface area (Å²) in [6.07, 6.45) is 11.6. The summed E-state index contributed by atoms with van der Waals surface area (Å²) in [6, 6.07) is 7.58. The molecular formula is C24H34N2O2. The zero-order valence-electron chi connectivity index (χ0n) is 17.5. The second-order valence-electron chi connectivity index (χ2n) is 8.61. The van der Waals surface area contributed by atoms with Crippen molar-refractivity contribution in [3.8, 4) is 0 Å². The largest absolute Gasteiger partial charge is 0.466 e. The molecule has 152 valence electrons. The van der Waals surface area contributed by atoms with E-state index in [9.17, 15) is 4.79 Å². The zero-order chi connectivity index (χ0) is 19.5. The minimum Gasteiger partial charge on any atom is -0.466 e. The van der Waals surface area contributed by atoms with Crippen molar-refractivity contribution in [2.75, 3.05) is 6.61 Å². The van der Waals surface area contributed by atoms with E-state index < -0.39 is 0 Å². The lowest BCUT2D eigenvalue weighted by Gasteiger charge is -2.28. The Bertz CT molecular complexity index is 811. The highest BCUT2D eigenvalue weighted by atomic mass is 16.5. The number of fused-ring (bicyclic) bond motifs is 1. The van der Waals surface area contributed by atoms with E-state index in [1.54, 1.807) is 0 Å². The quantitative estimate of drug-likeness (QED) is 0.601. The van der Waals surface area contributed by atoms with Gasteiger partial charge < -0.3 is 4.74 Å². The summed E-state index contributed by atoms with van der Waals surface area (Å²) in [5.74, 6) is 0.647. The summed E-state index contributed by atoms with van der Waals surface area (Å²) >= 11 is 0. The lowest BCUT2D eigenvalue weighted by molar-refractivity contribution is -0.149. The van der Waals surface area contributed by atoms with Crippen LogP contribution in [0.1, 0.15) is 94.9 Å². The van der Waals surface area contributed by atoms with Crippen LogP contribution in [0.3, 0.4) is 0 Å². The van der Waals surface area contributed by atoms with Crippen LogP contribution in [0.4, 0.5) is 0 Å². The number of esters is 1. The van der Waals surface area contributed by atoms with Gasteiger partial charge in [-0.05, 0) is 69.4 Å². The molecule has 2 aromatic rings. The van der Waals surface area contributed by atoms with Crippen molar-refractivity contribution >= 4 is 16.9 Å². The Hall–Kier alpha value is -1.84. The summed E-state index contributed by atoms with van der Waals surface area (Å²) in [7, 11) is 0. The molecule has 0 atom stereocenters. The van der Waals surface area contributed by atoms with Crippen LogP contribution in [0.25, 0.3) is 10.9 Å². The highest BCUT2D eigenvalue weighted by molar-refractivity contribution is 5.83. The number of ether oxygens (including phenoxy) is 1. The highest BCUT2D eigenvalue weighted by Crippen LogP contribution is 2.38. The van der Waals surface area contributed by atoms with Crippen LogP contribution >= 0.6 is 0 Å². The lowest BCUT2D eigenvalue weighted by atomic mass is 9.78. The molecule has 1 aromatic heterocycles. The Balaban J connectivity index is 1.56. The normalized spacial score (nSPS) is 23.8. The average molecular weight is 383 g/mol. The number of benzene rings is 1. The van der Waals surface area contributed by atoms with Gasteiger partial charge in [0.2, 0.25) is 0 Å². The first-order chi connectivity index (χ1) is 13.7. The second kappa shape index (κ2) is 8.67. The predicted molar refractivity (Wildman–Crippen MR) is 113 cm³/mol. The van der Waals surface area contributed by atoms with Crippen LogP contribution in [0.5, 0.6) is 0 Å². The van der Waals surface area contributed by atoms with E-state index in [0.29, 0.717) is 18.6 Å². The average Bonchev–Trinajstić information content (AvgIpc) is 3.12.